The summed E-state index contributed by atoms with van der Waals surface area (Å²) >= 11 is 5.74. The first-order valence-corrected chi connectivity index (χ1v) is 7.54. The molecule has 0 aliphatic carbocycles. The molecule has 0 aliphatic heterocycles. The molecule has 2 rings (SSSR count). The molecular formula is C13H13ClN2O2S. The Hall–Kier alpha value is -1.43. The normalized spacial score (nSPS) is 13.2. The van der Waals surface area contributed by atoms with Gasteiger partial charge in [0.2, 0.25) is 10.0 Å². The van der Waals surface area contributed by atoms with Gasteiger partial charge in [-0.1, -0.05) is 17.7 Å². The SMILES string of the molecule is CC(NS(=O)(=O)c1ccc(Cl)cc1)c1ccccn1. The molecule has 100 valence electrons. The number of hydrogen-bond donors (Lipinski definition) is 1. The Morgan fingerprint density at radius 1 is 1.16 bits per heavy atom. The molecule has 0 spiro atoms. The van der Waals surface area contributed by atoms with Crippen LogP contribution in [0.5, 0.6) is 0 Å². The van der Waals surface area contributed by atoms with Crippen LogP contribution in [0.15, 0.2) is 53.6 Å². The average molecular weight is 297 g/mol. The minimum absolute atomic E-state index is 0.180. The van der Waals surface area contributed by atoms with E-state index in [2.05, 4.69) is 9.71 Å². The van der Waals surface area contributed by atoms with Gasteiger partial charge in [-0.15, -0.1) is 0 Å². The molecule has 2 aromatic rings. The third kappa shape index (κ3) is 3.53. The molecular weight excluding hydrogens is 284 g/mol. The summed E-state index contributed by atoms with van der Waals surface area (Å²) in [5.74, 6) is 0. The summed E-state index contributed by atoms with van der Waals surface area (Å²) in [6.07, 6.45) is 1.63. The number of halogens is 1. The first-order chi connectivity index (χ1) is 8.99. The number of nitrogens with one attached hydrogen (secondary N) is 1. The molecule has 1 atom stereocenters. The van der Waals surface area contributed by atoms with Crippen molar-refractivity contribution in [2.75, 3.05) is 0 Å². The summed E-state index contributed by atoms with van der Waals surface area (Å²) in [4.78, 5) is 4.30. The van der Waals surface area contributed by atoms with Gasteiger partial charge in [0.25, 0.3) is 0 Å². The van der Waals surface area contributed by atoms with E-state index in [9.17, 15) is 8.42 Å². The minimum atomic E-state index is -3.57. The molecule has 19 heavy (non-hydrogen) atoms. The van der Waals surface area contributed by atoms with Crippen LogP contribution < -0.4 is 4.72 Å². The summed E-state index contributed by atoms with van der Waals surface area (Å²) in [5, 5.41) is 0.497. The van der Waals surface area contributed by atoms with E-state index < -0.39 is 16.1 Å². The van der Waals surface area contributed by atoms with E-state index in [0.29, 0.717) is 10.7 Å². The molecule has 0 aliphatic rings. The first kappa shape index (κ1) is 14.0. The number of aromatic nitrogens is 1. The highest BCUT2D eigenvalue weighted by Crippen LogP contribution is 2.17. The van der Waals surface area contributed by atoms with Crippen LogP contribution in [0.3, 0.4) is 0 Å². The van der Waals surface area contributed by atoms with E-state index in [-0.39, 0.29) is 4.90 Å². The average Bonchev–Trinajstić information content (AvgIpc) is 2.40. The molecule has 0 bridgehead atoms. The van der Waals surface area contributed by atoms with Crippen LogP contribution in [0.2, 0.25) is 5.02 Å². The van der Waals surface area contributed by atoms with Crippen LogP contribution in [-0.4, -0.2) is 13.4 Å². The van der Waals surface area contributed by atoms with Crippen molar-refractivity contribution in [3.63, 3.8) is 0 Å². The van der Waals surface area contributed by atoms with E-state index in [1.807, 2.05) is 6.07 Å². The van der Waals surface area contributed by atoms with Gasteiger partial charge in [0.1, 0.15) is 0 Å². The number of sulfonamides is 1. The predicted octanol–water partition coefficient (Wildman–Crippen LogP) is 2.77. The van der Waals surface area contributed by atoms with Crippen LogP contribution in [-0.2, 0) is 10.0 Å². The maximum absolute atomic E-state index is 12.1. The zero-order valence-corrected chi connectivity index (χ0v) is 11.8. The van der Waals surface area contributed by atoms with Crippen molar-refractivity contribution in [2.45, 2.75) is 17.9 Å². The fourth-order valence-electron chi connectivity index (χ4n) is 1.61. The van der Waals surface area contributed by atoms with Crippen LogP contribution in [0.25, 0.3) is 0 Å². The molecule has 0 radical (unpaired) electrons. The molecule has 0 saturated heterocycles. The summed E-state index contributed by atoms with van der Waals surface area (Å²) in [6.45, 7) is 1.75. The van der Waals surface area contributed by atoms with Crippen molar-refractivity contribution < 1.29 is 8.42 Å². The fourth-order valence-corrected chi connectivity index (χ4v) is 2.95. The number of hydrogen-bond acceptors (Lipinski definition) is 3. The number of benzene rings is 1. The van der Waals surface area contributed by atoms with E-state index in [4.69, 9.17) is 11.6 Å². The smallest absolute Gasteiger partial charge is 0.241 e. The molecule has 1 heterocycles. The molecule has 1 aromatic heterocycles. The molecule has 0 fully saturated rings. The number of pyridine rings is 1. The molecule has 1 aromatic carbocycles. The Bertz CT molecular complexity index is 642. The van der Waals surface area contributed by atoms with Gasteiger partial charge in [-0.25, -0.2) is 13.1 Å². The highest BCUT2D eigenvalue weighted by Gasteiger charge is 2.18. The molecule has 1 unspecified atom stereocenters. The van der Waals surface area contributed by atoms with Crippen molar-refractivity contribution in [1.82, 2.24) is 9.71 Å². The monoisotopic (exact) mass is 296 g/mol. The van der Waals surface area contributed by atoms with Gasteiger partial charge in [0.15, 0.2) is 0 Å². The fraction of sp³-hybridized carbons (Fsp3) is 0.154. The second-order valence-electron chi connectivity index (χ2n) is 4.05. The largest absolute Gasteiger partial charge is 0.260 e. The Kier molecular flexibility index (Phi) is 4.19. The van der Waals surface area contributed by atoms with Crippen molar-refractivity contribution in [1.29, 1.82) is 0 Å². The lowest BCUT2D eigenvalue weighted by atomic mass is 10.2. The van der Waals surface area contributed by atoms with Gasteiger partial charge >= 0.3 is 0 Å². The first-order valence-electron chi connectivity index (χ1n) is 5.68. The Morgan fingerprint density at radius 2 is 1.84 bits per heavy atom. The van der Waals surface area contributed by atoms with Crippen molar-refractivity contribution >= 4 is 21.6 Å². The maximum Gasteiger partial charge on any atom is 0.241 e. The van der Waals surface area contributed by atoms with Gasteiger partial charge in [-0.2, -0.15) is 0 Å². The Labute approximate surface area is 117 Å². The quantitative estimate of drug-likeness (QED) is 0.944. The summed E-state index contributed by atoms with van der Waals surface area (Å²) in [5.41, 5.74) is 0.667. The minimum Gasteiger partial charge on any atom is -0.260 e. The van der Waals surface area contributed by atoms with E-state index in [1.165, 1.54) is 12.1 Å². The number of rotatable bonds is 4. The zero-order chi connectivity index (χ0) is 13.9. The standard InChI is InChI=1S/C13H13ClN2O2S/c1-10(13-4-2-3-9-15-13)16-19(17,18)12-7-5-11(14)6-8-12/h2-10,16H,1H3. The molecule has 0 amide bonds. The van der Waals surface area contributed by atoms with Gasteiger partial charge < -0.3 is 0 Å². The highest BCUT2D eigenvalue weighted by molar-refractivity contribution is 7.89. The van der Waals surface area contributed by atoms with E-state index in [1.54, 1.807) is 37.4 Å². The lowest BCUT2D eigenvalue weighted by Gasteiger charge is -2.13. The number of nitrogens with zero attached hydrogens (tertiary/aromatic N) is 1. The summed E-state index contributed by atoms with van der Waals surface area (Å²) in [7, 11) is -3.57. The summed E-state index contributed by atoms with van der Waals surface area (Å²) < 4.78 is 26.9. The van der Waals surface area contributed by atoms with Crippen LogP contribution in [0, 0.1) is 0 Å². The van der Waals surface area contributed by atoms with E-state index >= 15 is 0 Å². The van der Waals surface area contributed by atoms with Gasteiger partial charge in [-0.05, 0) is 43.3 Å². The van der Waals surface area contributed by atoms with Gasteiger partial charge in [0, 0.05) is 11.2 Å². The van der Waals surface area contributed by atoms with Crippen molar-refractivity contribution in [2.24, 2.45) is 0 Å². The van der Waals surface area contributed by atoms with Crippen LogP contribution in [0.4, 0.5) is 0 Å². The van der Waals surface area contributed by atoms with Crippen LogP contribution >= 0.6 is 11.6 Å². The van der Waals surface area contributed by atoms with Crippen molar-refractivity contribution in [3.05, 3.63) is 59.4 Å². The topological polar surface area (TPSA) is 59.1 Å². The third-order valence-electron chi connectivity index (χ3n) is 2.59. The van der Waals surface area contributed by atoms with E-state index in [0.717, 1.165) is 0 Å². The molecule has 1 N–H and O–H groups in total. The second-order valence-corrected chi connectivity index (χ2v) is 6.20. The summed E-state index contributed by atoms with van der Waals surface area (Å²) in [6, 6.07) is 11.0. The molecule has 4 nitrogen and oxygen atoms in total. The Morgan fingerprint density at radius 3 is 2.42 bits per heavy atom. The zero-order valence-electron chi connectivity index (χ0n) is 10.2. The lowest BCUT2D eigenvalue weighted by Crippen LogP contribution is -2.27. The predicted molar refractivity (Wildman–Crippen MR) is 74.4 cm³/mol. The maximum atomic E-state index is 12.1. The van der Waals surface area contributed by atoms with Crippen molar-refractivity contribution in [3.8, 4) is 0 Å². The molecule has 6 heteroatoms. The van der Waals surface area contributed by atoms with Crippen LogP contribution in [0.1, 0.15) is 18.7 Å². The highest BCUT2D eigenvalue weighted by atomic mass is 35.5. The Balaban J connectivity index is 2.20. The molecule has 0 saturated carbocycles. The van der Waals surface area contributed by atoms with Gasteiger partial charge in [0.05, 0.1) is 16.6 Å². The lowest BCUT2D eigenvalue weighted by molar-refractivity contribution is 0.564. The van der Waals surface area contributed by atoms with Gasteiger partial charge in [-0.3, -0.25) is 4.98 Å². The third-order valence-corrected chi connectivity index (χ3v) is 4.40. The second kappa shape index (κ2) is 5.69.